The van der Waals surface area contributed by atoms with Crippen molar-refractivity contribution in [3.63, 3.8) is 0 Å². The van der Waals surface area contributed by atoms with Gasteiger partial charge in [-0.2, -0.15) is 10.4 Å². The lowest BCUT2D eigenvalue weighted by atomic mass is 10.1. The zero-order chi connectivity index (χ0) is 22.0. The van der Waals surface area contributed by atoms with Gasteiger partial charge in [0.2, 0.25) is 0 Å². The minimum absolute atomic E-state index is 0.262. The average molecular weight is 419 g/mol. The van der Waals surface area contributed by atoms with Crippen LogP contribution in [0.5, 0.6) is 0 Å². The number of halogens is 1. The number of aryl methyl sites for hydroxylation is 2. The van der Waals surface area contributed by atoms with Gasteiger partial charge in [0.25, 0.3) is 5.91 Å². The first kappa shape index (κ1) is 20.7. The number of nitrogens with zero attached hydrogens (tertiary/aromatic N) is 4. The Balaban J connectivity index is 1.64. The van der Waals surface area contributed by atoms with Crippen LogP contribution < -0.4 is 5.32 Å². The molecule has 1 unspecified atom stereocenters. The number of pyridine rings is 1. The number of hydrogen-bond donors (Lipinski definition) is 1. The van der Waals surface area contributed by atoms with Crippen LogP contribution in [0.1, 0.15) is 48.0 Å². The van der Waals surface area contributed by atoms with E-state index >= 15 is 0 Å². The summed E-state index contributed by atoms with van der Waals surface area (Å²) in [6.07, 6.45) is 5.38. The second-order valence-electron chi connectivity index (χ2n) is 7.59. The van der Waals surface area contributed by atoms with E-state index in [1.54, 1.807) is 42.1 Å². The zero-order valence-electron chi connectivity index (χ0n) is 17.4. The summed E-state index contributed by atoms with van der Waals surface area (Å²) >= 11 is 0. The summed E-state index contributed by atoms with van der Waals surface area (Å²) in [6.45, 7) is 4.22. The third-order valence-corrected chi connectivity index (χ3v) is 5.25. The Kier molecular flexibility index (Phi) is 5.78. The van der Waals surface area contributed by atoms with Crippen molar-refractivity contribution in [1.29, 1.82) is 5.26 Å². The van der Waals surface area contributed by atoms with Crippen molar-refractivity contribution in [3.05, 3.63) is 58.8 Å². The summed E-state index contributed by atoms with van der Waals surface area (Å²) in [5, 5.41) is 17.0. The first-order valence-corrected chi connectivity index (χ1v) is 10.1. The normalized spacial score (nSPS) is 16.8. The highest BCUT2D eigenvalue weighted by Gasteiger charge is 2.21. The molecule has 1 atom stereocenters. The molecular weight excluding hydrogens is 397 g/mol. The maximum atomic E-state index is 14.7. The van der Waals surface area contributed by atoms with Gasteiger partial charge in [0.15, 0.2) is 17.7 Å². The van der Waals surface area contributed by atoms with Gasteiger partial charge in [-0.05, 0) is 68.5 Å². The lowest BCUT2D eigenvalue weighted by molar-refractivity contribution is -0.114. The summed E-state index contributed by atoms with van der Waals surface area (Å²) < 4.78 is 22.1. The molecule has 4 rings (SSSR count). The molecule has 1 aliphatic rings. The SMILES string of the molecule is Cc1cnc(C)c(NC(=O)/C(F)=C/c2ccc3c(C#N)nn(C4CCCCO4)c3c2)c1. The topological polar surface area (TPSA) is 92.8 Å². The average Bonchev–Trinajstić information content (AvgIpc) is 3.15. The Morgan fingerprint density at radius 1 is 1.35 bits per heavy atom. The molecule has 1 amide bonds. The largest absolute Gasteiger partial charge is 0.356 e. The van der Waals surface area contributed by atoms with Crippen molar-refractivity contribution < 1.29 is 13.9 Å². The molecule has 1 fully saturated rings. The third-order valence-electron chi connectivity index (χ3n) is 5.25. The quantitative estimate of drug-likeness (QED) is 0.626. The number of hydrogen-bond acceptors (Lipinski definition) is 5. The van der Waals surface area contributed by atoms with Gasteiger partial charge in [-0.1, -0.05) is 6.07 Å². The zero-order valence-corrected chi connectivity index (χ0v) is 17.4. The number of fused-ring (bicyclic) bond motifs is 1. The molecule has 3 heterocycles. The number of anilines is 1. The van der Waals surface area contributed by atoms with Crippen molar-refractivity contribution in [1.82, 2.24) is 14.8 Å². The maximum absolute atomic E-state index is 14.7. The number of carbonyl (C=O) groups is 1. The van der Waals surface area contributed by atoms with E-state index in [-0.39, 0.29) is 6.23 Å². The van der Waals surface area contributed by atoms with Gasteiger partial charge in [-0.25, -0.2) is 9.07 Å². The number of amides is 1. The highest BCUT2D eigenvalue weighted by Crippen LogP contribution is 2.29. The summed E-state index contributed by atoms with van der Waals surface area (Å²) in [5.41, 5.74) is 3.39. The molecule has 1 N–H and O–H groups in total. The van der Waals surface area contributed by atoms with Gasteiger partial charge in [0, 0.05) is 18.2 Å². The molecule has 7 nitrogen and oxygen atoms in total. The molecule has 0 spiro atoms. The van der Waals surface area contributed by atoms with E-state index in [2.05, 4.69) is 21.5 Å². The smallest absolute Gasteiger partial charge is 0.284 e. The molecular formula is C23H22FN5O2. The van der Waals surface area contributed by atoms with Crippen LogP contribution in [0.4, 0.5) is 10.1 Å². The van der Waals surface area contributed by atoms with Gasteiger partial charge in [0.05, 0.1) is 16.9 Å². The summed E-state index contributed by atoms with van der Waals surface area (Å²) in [4.78, 5) is 16.5. The third kappa shape index (κ3) is 4.32. The fourth-order valence-electron chi connectivity index (χ4n) is 3.62. The van der Waals surface area contributed by atoms with Crippen molar-refractivity contribution in [2.24, 2.45) is 0 Å². The van der Waals surface area contributed by atoms with E-state index in [0.717, 1.165) is 24.8 Å². The molecule has 3 aromatic rings. The Bertz CT molecular complexity index is 1220. The van der Waals surface area contributed by atoms with Crippen LogP contribution in [0.2, 0.25) is 0 Å². The number of ether oxygens (including phenoxy) is 1. The second kappa shape index (κ2) is 8.66. The van der Waals surface area contributed by atoms with Crippen LogP contribution in [0.15, 0.2) is 36.3 Å². The summed E-state index contributed by atoms with van der Waals surface area (Å²) in [5.74, 6) is -1.78. The van der Waals surface area contributed by atoms with Crippen LogP contribution in [0.3, 0.4) is 0 Å². The number of rotatable bonds is 4. The monoisotopic (exact) mass is 419 g/mol. The van der Waals surface area contributed by atoms with Gasteiger partial charge < -0.3 is 10.1 Å². The van der Waals surface area contributed by atoms with Gasteiger partial charge in [-0.15, -0.1) is 0 Å². The van der Waals surface area contributed by atoms with E-state index in [9.17, 15) is 14.4 Å². The molecule has 0 aliphatic carbocycles. The van der Waals surface area contributed by atoms with Crippen LogP contribution in [0.25, 0.3) is 17.0 Å². The maximum Gasteiger partial charge on any atom is 0.284 e. The van der Waals surface area contributed by atoms with Crippen molar-refractivity contribution in [2.75, 3.05) is 11.9 Å². The molecule has 0 saturated carbocycles. The predicted molar refractivity (Wildman–Crippen MR) is 115 cm³/mol. The van der Waals surface area contributed by atoms with E-state index in [1.165, 1.54) is 6.08 Å². The second-order valence-corrected chi connectivity index (χ2v) is 7.59. The van der Waals surface area contributed by atoms with Crippen molar-refractivity contribution in [3.8, 4) is 6.07 Å². The minimum atomic E-state index is -0.930. The molecule has 1 aliphatic heterocycles. The molecule has 1 saturated heterocycles. The van der Waals surface area contributed by atoms with Crippen LogP contribution >= 0.6 is 0 Å². The number of nitrogens with one attached hydrogen (secondary N) is 1. The van der Waals surface area contributed by atoms with Crippen LogP contribution in [-0.4, -0.2) is 27.3 Å². The molecule has 0 radical (unpaired) electrons. The van der Waals surface area contributed by atoms with Gasteiger partial charge in [-0.3, -0.25) is 9.78 Å². The van der Waals surface area contributed by atoms with E-state index in [1.807, 2.05) is 6.92 Å². The highest BCUT2D eigenvalue weighted by molar-refractivity contribution is 6.05. The first-order valence-electron chi connectivity index (χ1n) is 10.1. The fourth-order valence-corrected chi connectivity index (χ4v) is 3.62. The number of benzene rings is 1. The lowest BCUT2D eigenvalue weighted by Crippen LogP contribution is -2.19. The van der Waals surface area contributed by atoms with Gasteiger partial charge in [0.1, 0.15) is 6.07 Å². The van der Waals surface area contributed by atoms with E-state index in [0.29, 0.717) is 40.1 Å². The van der Waals surface area contributed by atoms with E-state index < -0.39 is 11.7 Å². The highest BCUT2D eigenvalue weighted by atomic mass is 19.1. The molecule has 0 bridgehead atoms. The Hall–Kier alpha value is -3.57. The molecule has 8 heteroatoms. The Morgan fingerprint density at radius 2 is 2.19 bits per heavy atom. The molecule has 2 aromatic heterocycles. The molecule has 158 valence electrons. The van der Waals surface area contributed by atoms with Gasteiger partial charge >= 0.3 is 0 Å². The fraction of sp³-hybridized carbons (Fsp3) is 0.304. The van der Waals surface area contributed by atoms with E-state index in [4.69, 9.17) is 4.74 Å². The number of nitriles is 1. The number of aromatic nitrogens is 3. The predicted octanol–water partition coefficient (Wildman–Crippen LogP) is 4.57. The lowest BCUT2D eigenvalue weighted by Gasteiger charge is -2.23. The van der Waals surface area contributed by atoms with Crippen LogP contribution in [0, 0.1) is 25.2 Å². The number of carbonyl (C=O) groups excluding carboxylic acids is 1. The summed E-state index contributed by atoms with van der Waals surface area (Å²) in [6, 6.07) is 8.93. The van der Waals surface area contributed by atoms with Crippen molar-refractivity contribution >= 4 is 28.6 Å². The summed E-state index contributed by atoms with van der Waals surface area (Å²) in [7, 11) is 0. The van der Waals surface area contributed by atoms with Crippen LogP contribution in [-0.2, 0) is 9.53 Å². The standard InChI is InChI=1S/C23H22FN5O2/c1-14-9-19(15(2)26-13-14)27-23(30)18(24)10-16-6-7-17-20(12-25)28-29(21(17)11-16)22-5-3-4-8-31-22/h6-7,9-11,13,22H,3-5,8H2,1-2H3,(H,27,30)/b18-10-. The molecule has 31 heavy (non-hydrogen) atoms. The Morgan fingerprint density at radius 3 is 2.94 bits per heavy atom. The first-order chi connectivity index (χ1) is 15.0. The van der Waals surface area contributed by atoms with Crippen molar-refractivity contribution in [2.45, 2.75) is 39.3 Å². The Labute approximate surface area is 179 Å². The minimum Gasteiger partial charge on any atom is -0.356 e. The molecule has 1 aromatic carbocycles.